The Kier molecular flexibility index (Phi) is 4.45. The molecule has 0 aliphatic carbocycles. The summed E-state index contributed by atoms with van der Waals surface area (Å²) in [6.07, 6.45) is 2.32. The molecule has 2 rings (SSSR count). The maximum Gasteiger partial charge on any atom is 0.204 e. The largest absolute Gasteiger partial charge is 0.493 e. The molecule has 6 nitrogen and oxygen atoms in total. The van der Waals surface area contributed by atoms with Crippen molar-refractivity contribution in [3.63, 3.8) is 0 Å². The van der Waals surface area contributed by atoms with Gasteiger partial charge in [0.15, 0.2) is 5.75 Å². The van der Waals surface area contributed by atoms with E-state index in [1.165, 1.54) is 0 Å². The maximum atomic E-state index is 13.0. The molecule has 20 heavy (non-hydrogen) atoms. The highest BCUT2D eigenvalue weighted by Gasteiger charge is 2.41. The van der Waals surface area contributed by atoms with Gasteiger partial charge >= 0.3 is 0 Å². The molecule has 1 fully saturated rings. The van der Waals surface area contributed by atoms with E-state index < -0.39 is 5.54 Å². The number of Topliss-reactive ketones (excluding diaryl/α,β-unsaturated/α-hetero) is 1. The predicted molar refractivity (Wildman–Crippen MR) is 75.2 cm³/mol. The lowest BCUT2D eigenvalue weighted by Gasteiger charge is -2.41. The van der Waals surface area contributed by atoms with Crippen molar-refractivity contribution in [1.82, 2.24) is 14.7 Å². The van der Waals surface area contributed by atoms with E-state index in [1.54, 1.807) is 25.0 Å². The minimum absolute atomic E-state index is 0.0544. The van der Waals surface area contributed by atoms with Crippen LogP contribution in [0.15, 0.2) is 6.20 Å². The van der Waals surface area contributed by atoms with Crippen molar-refractivity contribution < 1.29 is 14.3 Å². The predicted octanol–water partition coefficient (Wildman–Crippen LogP) is 1.11. The van der Waals surface area contributed by atoms with E-state index in [1.807, 2.05) is 13.8 Å². The van der Waals surface area contributed by atoms with Gasteiger partial charge in [0.05, 0.1) is 32.1 Å². The van der Waals surface area contributed by atoms with Crippen molar-refractivity contribution in [2.45, 2.75) is 25.8 Å². The Hall–Kier alpha value is -1.40. The van der Waals surface area contributed by atoms with Gasteiger partial charge in [-0.25, -0.2) is 0 Å². The molecule has 0 bridgehead atoms. The molecule has 1 aliphatic rings. The molecule has 1 aliphatic heterocycles. The molecule has 6 heteroatoms. The summed E-state index contributed by atoms with van der Waals surface area (Å²) in [5.74, 6) is 0.587. The number of hydrogen-bond acceptors (Lipinski definition) is 5. The Labute approximate surface area is 119 Å². The van der Waals surface area contributed by atoms with Gasteiger partial charge in [0.25, 0.3) is 0 Å². The third-order valence-corrected chi connectivity index (χ3v) is 4.23. The van der Waals surface area contributed by atoms with Crippen molar-refractivity contribution in [2.24, 2.45) is 7.05 Å². The van der Waals surface area contributed by atoms with E-state index >= 15 is 0 Å². The van der Waals surface area contributed by atoms with E-state index in [0.29, 0.717) is 24.7 Å². The van der Waals surface area contributed by atoms with E-state index in [4.69, 9.17) is 9.47 Å². The zero-order valence-corrected chi connectivity index (χ0v) is 12.7. The van der Waals surface area contributed by atoms with Crippen LogP contribution in [0.5, 0.6) is 5.75 Å². The Bertz CT molecular complexity index is 480. The van der Waals surface area contributed by atoms with Gasteiger partial charge in [-0.3, -0.25) is 14.4 Å². The second kappa shape index (κ2) is 5.93. The van der Waals surface area contributed by atoms with Gasteiger partial charge in [-0.05, 0) is 13.3 Å². The Morgan fingerprint density at radius 1 is 1.50 bits per heavy atom. The van der Waals surface area contributed by atoms with Crippen LogP contribution in [0.1, 0.15) is 30.8 Å². The summed E-state index contributed by atoms with van der Waals surface area (Å²) in [5, 5.41) is 4.13. The van der Waals surface area contributed by atoms with Crippen LogP contribution in [-0.2, 0) is 11.8 Å². The highest BCUT2D eigenvalue weighted by atomic mass is 16.5. The Morgan fingerprint density at radius 3 is 2.70 bits per heavy atom. The highest BCUT2D eigenvalue weighted by molar-refractivity contribution is 6.03. The minimum Gasteiger partial charge on any atom is -0.493 e. The van der Waals surface area contributed by atoms with Crippen LogP contribution in [0.3, 0.4) is 0 Å². The number of carbonyl (C=O) groups excluding carboxylic acids is 1. The summed E-state index contributed by atoms with van der Waals surface area (Å²) < 4.78 is 12.2. The second-order valence-corrected chi connectivity index (χ2v) is 5.24. The number of aryl methyl sites for hydroxylation is 1. The van der Waals surface area contributed by atoms with Gasteiger partial charge in [0, 0.05) is 20.1 Å². The van der Waals surface area contributed by atoms with E-state index in [2.05, 4.69) is 10.00 Å². The number of morpholine rings is 1. The zero-order valence-electron chi connectivity index (χ0n) is 12.7. The van der Waals surface area contributed by atoms with Crippen molar-refractivity contribution >= 4 is 5.78 Å². The lowest BCUT2D eigenvalue weighted by molar-refractivity contribution is -0.0110. The molecule has 1 aromatic heterocycles. The monoisotopic (exact) mass is 281 g/mol. The normalized spacial score (nSPS) is 19.6. The van der Waals surface area contributed by atoms with Crippen molar-refractivity contribution in [2.75, 3.05) is 33.4 Å². The second-order valence-electron chi connectivity index (χ2n) is 5.24. The Morgan fingerprint density at radius 2 is 2.15 bits per heavy atom. The maximum absolute atomic E-state index is 13.0. The van der Waals surface area contributed by atoms with Gasteiger partial charge in [0.2, 0.25) is 5.78 Å². The first kappa shape index (κ1) is 15.0. The van der Waals surface area contributed by atoms with Crippen LogP contribution in [0.4, 0.5) is 0 Å². The van der Waals surface area contributed by atoms with Crippen LogP contribution in [0.25, 0.3) is 0 Å². The molecule has 1 saturated heterocycles. The molecule has 0 radical (unpaired) electrons. The van der Waals surface area contributed by atoms with Gasteiger partial charge in [-0.2, -0.15) is 5.10 Å². The molecule has 0 spiro atoms. The summed E-state index contributed by atoms with van der Waals surface area (Å²) in [7, 11) is 3.33. The number of rotatable bonds is 5. The van der Waals surface area contributed by atoms with E-state index in [0.717, 1.165) is 19.5 Å². The SMILES string of the molecule is CCC(C)(C(=O)c1c(OC)cnn1C)N1CCOCC1. The fourth-order valence-electron chi connectivity index (χ4n) is 2.67. The van der Waals surface area contributed by atoms with Crippen molar-refractivity contribution in [3.05, 3.63) is 11.9 Å². The Balaban J connectivity index is 2.34. The van der Waals surface area contributed by atoms with Crippen LogP contribution in [-0.4, -0.2) is 59.4 Å². The molecule has 0 aromatic carbocycles. The quantitative estimate of drug-likeness (QED) is 0.757. The van der Waals surface area contributed by atoms with E-state index in [9.17, 15) is 4.79 Å². The van der Waals surface area contributed by atoms with E-state index in [-0.39, 0.29) is 5.78 Å². The van der Waals surface area contributed by atoms with Crippen LogP contribution in [0.2, 0.25) is 0 Å². The van der Waals surface area contributed by atoms with Gasteiger partial charge in [-0.15, -0.1) is 0 Å². The molecule has 0 saturated carbocycles. The first-order valence-corrected chi connectivity index (χ1v) is 6.98. The topological polar surface area (TPSA) is 56.6 Å². The minimum atomic E-state index is -0.551. The standard InChI is InChI=1S/C14H23N3O3/c1-5-14(2,17-6-8-20-9-7-17)13(18)12-11(19-4)10-15-16(12)3/h10H,5-9H2,1-4H3. The average molecular weight is 281 g/mol. The summed E-state index contributed by atoms with van der Waals surface area (Å²) in [6.45, 7) is 6.92. The summed E-state index contributed by atoms with van der Waals surface area (Å²) in [6, 6.07) is 0. The molecular formula is C14H23N3O3. The van der Waals surface area contributed by atoms with Gasteiger partial charge in [0.1, 0.15) is 5.69 Å². The number of hydrogen-bond donors (Lipinski definition) is 0. The van der Waals surface area contributed by atoms with Crippen molar-refractivity contribution in [3.8, 4) is 5.75 Å². The zero-order chi connectivity index (χ0) is 14.8. The number of ether oxygens (including phenoxy) is 2. The smallest absolute Gasteiger partial charge is 0.204 e. The highest BCUT2D eigenvalue weighted by Crippen LogP contribution is 2.29. The number of aromatic nitrogens is 2. The fourth-order valence-corrected chi connectivity index (χ4v) is 2.67. The van der Waals surface area contributed by atoms with Crippen LogP contribution >= 0.6 is 0 Å². The number of methoxy groups -OCH3 is 1. The number of carbonyl (C=O) groups is 1. The van der Waals surface area contributed by atoms with Crippen LogP contribution in [0, 0.1) is 0 Å². The summed E-state index contributed by atoms with van der Waals surface area (Å²) in [4.78, 5) is 15.2. The first-order chi connectivity index (χ1) is 9.54. The third kappa shape index (κ3) is 2.45. The molecule has 1 aromatic rings. The molecule has 0 N–H and O–H groups in total. The first-order valence-electron chi connectivity index (χ1n) is 6.98. The van der Waals surface area contributed by atoms with Crippen LogP contribution < -0.4 is 4.74 Å². The molecule has 112 valence electrons. The van der Waals surface area contributed by atoms with Gasteiger partial charge < -0.3 is 9.47 Å². The molecule has 0 amide bonds. The molecule has 1 unspecified atom stereocenters. The fraction of sp³-hybridized carbons (Fsp3) is 0.714. The summed E-state index contributed by atoms with van der Waals surface area (Å²) >= 11 is 0. The summed E-state index contributed by atoms with van der Waals surface area (Å²) in [5.41, 5.74) is -0.0199. The van der Waals surface area contributed by atoms with Crippen molar-refractivity contribution in [1.29, 1.82) is 0 Å². The average Bonchev–Trinajstić information content (AvgIpc) is 2.87. The molecular weight excluding hydrogens is 258 g/mol. The lowest BCUT2D eigenvalue weighted by atomic mass is 9.88. The molecule has 1 atom stereocenters. The third-order valence-electron chi connectivity index (χ3n) is 4.23. The number of nitrogens with zero attached hydrogens (tertiary/aromatic N) is 3. The molecule has 2 heterocycles. The lowest BCUT2D eigenvalue weighted by Crippen LogP contribution is -2.56. The number of ketones is 1. The van der Waals surface area contributed by atoms with Gasteiger partial charge in [-0.1, -0.05) is 6.92 Å².